The molecule has 0 radical (unpaired) electrons. The van der Waals surface area contributed by atoms with Gasteiger partial charge in [0, 0.05) is 5.56 Å². The van der Waals surface area contributed by atoms with Crippen molar-refractivity contribution in [2.75, 3.05) is 7.11 Å². The molecule has 0 unspecified atom stereocenters. The fourth-order valence-corrected chi connectivity index (χ4v) is 2.92. The number of hydrogen-bond donors (Lipinski definition) is 2. The van der Waals surface area contributed by atoms with E-state index in [4.69, 9.17) is 10.5 Å². The molecule has 2 atom stereocenters. The summed E-state index contributed by atoms with van der Waals surface area (Å²) in [5.41, 5.74) is 6.66. The van der Waals surface area contributed by atoms with Crippen molar-refractivity contribution in [3.05, 3.63) is 29.6 Å². The van der Waals surface area contributed by atoms with E-state index in [2.05, 4.69) is 0 Å². The molecule has 106 valence electrons. The molecule has 0 aliphatic heterocycles. The Morgan fingerprint density at radius 1 is 1.32 bits per heavy atom. The first-order valence-electron chi connectivity index (χ1n) is 6.90. The van der Waals surface area contributed by atoms with Gasteiger partial charge in [-0.1, -0.05) is 19.3 Å². The lowest BCUT2D eigenvalue weighted by Gasteiger charge is -2.31. The van der Waals surface area contributed by atoms with E-state index in [1.165, 1.54) is 25.7 Å². The summed E-state index contributed by atoms with van der Waals surface area (Å²) in [4.78, 5) is 0. The summed E-state index contributed by atoms with van der Waals surface area (Å²) in [6, 6.07) is 3.64. The largest absolute Gasteiger partial charge is 0.496 e. The first-order chi connectivity index (χ1) is 9.13. The number of nitrogens with two attached hydrogens (primary N) is 1. The molecular weight excluding hydrogens is 245 g/mol. The average Bonchev–Trinajstić information content (AvgIpc) is 2.46. The van der Waals surface area contributed by atoms with Gasteiger partial charge in [-0.3, -0.25) is 0 Å². The van der Waals surface area contributed by atoms with Gasteiger partial charge < -0.3 is 15.6 Å². The van der Waals surface area contributed by atoms with Crippen molar-refractivity contribution in [1.82, 2.24) is 0 Å². The average molecular weight is 267 g/mol. The van der Waals surface area contributed by atoms with Crippen LogP contribution < -0.4 is 10.5 Å². The molecule has 1 aliphatic carbocycles. The second-order valence-electron chi connectivity index (χ2n) is 5.30. The maximum Gasteiger partial charge on any atom is 0.123 e. The van der Waals surface area contributed by atoms with E-state index in [1.807, 2.05) is 0 Å². The molecule has 0 bridgehead atoms. The number of methoxy groups -OCH3 is 1. The number of benzene rings is 1. The lowest BCUT2D eigenvalue weighted by atomic mass is 9.81. The van der Waals surface area contributed by atoms with Crippen LogP contribution in [0.2, 0.25) is 0 Å². The number of rotatable bonds is 4. The van der Waals surface area contributed by atoms with Gasteiger partial charge in [-0.05, 0) is 37.0 Å². The minimum absolute atomic E-state index is 0.205. The SMILES string of the molecule is COc1ccc(F)cc1[C@@H](N)[C@@H](O)C1CCCCC1. The number of aliphatic hydroxyl groups is 1. The van der Waals surface area contributed by atoms with Crippen molar-refractivity contribution in [2.45, 2.75) is 44.2 Å². The molecular formula is C15H22FNO2. The van der Waals surface area contributed by atoms with Gasteiger partial charge in [-0.2, -0.15) is 0 Å². The van der Waals surface area contributed by atoms with E-state index < -0.39 is 12.1 Å². The number of ether oxygens (including phenoxy) is 1. The van der Waals surface area contributed by atoms with Crippen LogP contribution in [0.5, 0.6) is 5.75 Å². The molecule has 3 N–H and O–H groups in total. The number of halogens is 1. The smallest absolute Gasteiger partial charge is 0.123 e. The second-order valence-corrected chi connectivity index (χ2v) is 5.30. The molecule has 0 saturated heterocycles. The predicted octanol–water partition coefficient (Wildman–Crippen LogP) is 2.78. The Balaban J connectivity index is 2.17. The van der Waals surface area contributed by atoms with Crippen LogP contribution in [-0.2, 0) is 0 Å². The minimum Gasteiger partial charge on any atom is -0.496 e. The Bertz CT molecular complexity index is 419. The Hall–Kier alpha value is -1.13. The van der Waals surface area contributed by atoms with E-state index in [1.54, 1.807) is 6.07 Å². The summed E-state index contributed by atoms with van der Waals surface area (Å²) in [6.07, 6.45) is 4.83. The highest BCUT2D eigenvalue weighted by atomic mass is 19.1. The van der Waals surface area contributed by atoms with Crippen molar-refractivity contribution in [1.29, 1.82) is 0 Å². The predicted molar refractivity (Wildman–Crippen MR) is 72.5 cm³/mol. The van der Waals surface area contributed by atoms with Gasteiger partial charge >= 0.3 is 0 Å². The Labute approximate surface area is 113 Å². The zero-order chi connectivity index (χ0) is 13.8. The van der Waals surface area contributed by atoms with Crippen molar-refractivity contribution in [2.24, 2.45) is 11.7 Å². The Morgan fingerprint density at radius 2 is 2.00 bits per heavy atom. The molecule has 1 aromatic rings. The van der Waals surface area contributed by atoms with E-state index in [9.17, 15) is 9.50 Å². The van der Waals surface area contributed by atoms with Crippen LogP contribution in [0.3, 0.4) is 0 Å². The second kappa shape index (κ2) is 6.35. The van der Waals surface area contributed by atoms with Crippen molar-refractivity contribution < 1.29 is 14.2 Å². The van der Waals surface area contributed by atoms with Gasteiger partial charge in [0.25, 0.3) is 0 Å². The van der Waals surface area contributed by atoms with Crippen molar-refractivity contribution >= 4 is 0 Å². The molecule has 0 heterocycles. The van der Waals surface area contributed by atoms with Gasteiger partial charge in [0.05, 0.1) is 19.3 Å². The van der Waals surface area contributed by atoms with Gasteiger partial charge in [0.15, 0.2) is 0 Å². The summed E-state index contributed by atoms with van der Waals surface area (Å²) in [5.74, 6) is 0.377. The third-order valence-electron chi connectivity index (χ3n) is 4.05. The van der Waals surface area contributed by atoms with Gasteiger partial charge in [0.1, 0.15) is 11.6 Å². The molecule has 2 rings (SSSR count). The molecule has 0 aromatic heterocycles. The molecule has 0 spiro atoms. The highest BCUT2D eigenvalue weighted by Crippen LogP contribution is 2.34. The Kier molecular flexibility index (Phi) is 4.77. The summed E-state index contributed by atoms with van der Waals surface area (Å²) in [5, 5.41) is 10.4. The van der Waals surface area contributed by atoms with E-state index in [0.717, 1.165) is 25.7 Å². The van der Waals surface area contributed by atoms with Gasteiger partial charge in [0.2, 0.25) is 0 Å². The fraction of sp³-hybridized carbons (Fsp3) is 0.600. The zero-order valence-electron chi connectivity index (χ0n) is 11.3. The van der Waals surface area contributed by atoms with Crippen molar-refractivity contribution in [3.63, 3.8) is 0 Å². The third kappa shape index (κ3) is 3.25. The topological polar surface area (TPSA) is 55.5 Å². The van der Waals surface area contributed by atoms with Crippen molar-refractivity contribution in [3.8, 4) is 5.75 Å². The Morgan fingerprint density at radius 3 is 2.63 bits per heavy atom. The standard InChI is InChI=1S/C15H22FNO2/c1-19-13-8-7-11(16)9-12(13)14(17)15(18)10-5-3-2-4-6-10/h7-10,14-15,18H,2-6,17H2,1H3/t14-,15+/m1/s1. The fourth-order valence-electron chi connectivity index (χ4n) is 2.92. The van der Waals surface area contributed by atoms with Crippen LogP contribution in [0, 0.1) is 11.7 Å². The monoisotopic (exact) mass is 267 g/mol. The van der Waals surface area contributed by atoms with Crippen LogP contribution in [0.15, 0.2) is 18.2 Å². The molecule has 1 aliphatic rings. The maximum atomic E-state index is 13.4. The number of aliphatic hydroxyl groups excluding tert-OH is 1. The highest BCUT2D eigenvalue weighted by Gasteiger charge is 2.29. The summed E-state index contributed by atoms with van der Waals surface area (Å²) >= 11 is 0. The molecule has 1 aromatic carbocycles. The van der Waals surface area contributed by atoms with E-state index >= 15 is 0 Å². The molecule has 1 saturated carbocycles. The number of hydrogen-bond acceptors (Lipinski definition) is 3. The molecule has 3 nitrogen and oxygen atoms in total. The lowest BCUT2D eigenvalue weighted by molar-refractivity contribution is 0.0610. The van der Waals surface area contributed by atoms with Gasteiger partial charge in [-0.25, -0.2) is 4.39 Å². The van der Waals surface area contributed by atoms with Crippen LogP contribution in [-0.4, -0.2) is 18.3 Å². The molecule has 1 fully saturated rings. The summed E-state index contributed by atoms with van der Waals surface area (Å²) < 4.78 is 18.6. The van der Waals surface area contributed by atoms with Crippen LogP contribution in [0.1, 0.15) is 43.7 Å². The first-order valence-corrected chi connectivity index (χ1v) is 6.90. The summed E-state index contributed by atoms with van der Waals surface area (Å²) in [7, 11) is 1.52. The summed E-state index contributed by atoms with van der Waals surface area (Å²) in [6.45, 7) is 0. The zero-order valence-corrected chi connectivity index (χ0v) is 11.3. The quantitative estimate of drug-likeness (QED) is 0.882. The van der Waals surface area contributed by atoms with Gasteiger partial charge in [-0.15, -0.1) is 0 Å². The molecule has 4 heteroatoms. The maximum absolute atomic E-state index is 13.4. The lowest BCUT2D eigenvalue weighted by Crippen LogP contribution is -2.34. The third-order valence-corrected chi connectivity index (χ3v) is 4.05. The first kappa shape index (κ1) is 14.3. The van der Waals surface area contributed by atoms with Crippen LogP contribution in [0.4, 0.5) is 4.39 Å². The normalized spacial score (nSPS) is 20.0. The van der Waals surface area contributed by atoms with Crippen LogP contribution >= 0.6 is 0 Å². The minimum atomic E-state index is -0.643. The molecule has 0 amide bonds. The van der Waals surface area contributed by atoms with E-state index in [-0.39, 0.29) is 11.7 Å². The van der Waals surface area contributed by atoms with Crippen LogP contribution in [0.25, 0.3) is 0 Å². The van der Waals surface area contributed by atoms with E-state index in [0.29, 0.717) is 11.3 Å². The highest BCUT2D eigenvalue weighted by molar-refractivity contribution is 5.37. The molecule has 19 heavy (non-hydrogen) atoms.